The van der Waals surface area contributed by atoms with Gasteiger partial charge in [0.2, 0.25) is 0 Å². The molecule has 0 bridgehead atoms. The van der Waals surface area contributed by atoms with E-state index < -0.39 is 0 Å². The molecule has 1 fully saturated rings. The SMILES string of the molecule is COc1ccc(-c2nnc(SCCc3ccccc3)n2CC2CCCO2)cc1. The standard InChI is InChI=1S/C22H25N3O2S/c1-26-19-11-9-18(10-12-19)21-23-24-22(25(21)16-20-8-5-14-27-20)28-15-13-17-6-3-2-4-7-17/h2-4,6-7,9-12,20H,5,8,13-16H2,1H3. The highest BCUT2D eigenvalue weighted by Crippen LogP contribution is 2.28. The summed E-state index contributed by atoms with van der Waals surface area (Å²) in [6.45, 7) is 1.64. The van der Waals surface area contributed by atoms with Crippen LogP contribution in [0.3, 0.4) is 0 Å². The normalized spacial score (nSPS) is 16.4. The van der Waals surface area contributed by atoms with Gasteiger partial charge in [0.1, 0.15) is 5.75 Å². The minimum absolute atomic E-state index is 0.237. The molecule has 1 aliphatic heterocycles. The van der Waals surface area contributed by atoms with Gasteiger partial charge >= 0.3 is 0 Å². The Morgan fingerprint density at radius 3 is 2.64 bits per heavy atom. The highest BCUT2D eigenvalue weighted by Gasteiger charge is 2.21. The van der Waals surface area contributed by atoms with Gasteiger partial charge in [0.05, 0.1) is 19.8 Å². The Bertz CT molecular complexity index is 875. The van der Waals surface area contributed by atoms with E-state index in [0.717, 1.165) is 60.5 Å². The second-order valence-corrected chi connectivity index (χ2v) is 7.93. The molecular weight excluding hydrogens is 370 g/mol. The maximum absolute atomic E-state index is 5.88. The summed E-state index contributed by atoms with van der Waals surface area (Å²) in [7, 11) is 1.68. The van der Waals surface area contributed by atoms with Crippen LogP contribution in [0.2, 0.25) is 0 Å². The van der Waals surface area contributed by atoms with E-state index in [1.165, 1.54) is 5.56 Å². The summed E-state index contributed by atoms with van der Waals surface area (Å²) in [5.41, 5.74) is 2.39. The molecule has 1 atom stereocenters. The Labute approximate surface area is 170 Å². The highest BCUT2D eigenvalue weighted by atomic mass is 32.2. The predicted octanol–water partition coefficient (Wildman–Crippen LogP) is 4.47. The van der Waals surface area contributed by atoms with E-state index in [4.69, 9.17) is 9.47 Å². The number of thioether (sulfide) groups is 1. The molecule has 1 aliphatic rings. The fourth-order valence-electron chi connectivity index (χ4n) is 3.41. The molecule has 0 N–H and O–H groups in total. The highest BCUT2D eigenvalue weighted by molar-refractivity contribution is 7.99. The van der Waals surface area contributed by atoms with Gasteiger partial charge in [0.25, 0.3) is 0 Å². The molecule has 1 unspecified atom stereocenters. The average Bonchev–Trinajstić information content (AvgIpc) is 3.40. The second kappa shape index (κ2) is 9.26. The maximum Gasteiger partial charge on any atom is 0.191 e. The van der Waals surface area contributed by atoms with Crippen molar-refractivity contribution in [3.63, 3.8) is 0 Å². The zero-order valence-electron chi connectivity index (χ0n) is 16.1. The van der Waals surface area contributed by atoms with Crippen molar-refractivity contribution in [2.75, 3.05) is 19.5 Å². The van der Waals surface area contributed by atoms with Gasteiger partial charge in [-0.05, 0) is 49.1 Å². The first kappa shape index (κ1) is 19.0. The minimum Gasteiger partial charge on any atom is -0.497 e. The van der Waals surface area contributed by atoms with Crippen LogP contribution in [0.1, 0.15) is 18.4 Å². The van der Waals surface area contributed by atoms with Crippen LogP contribution in [0.25, 0.3) is 11.4 Å². The lowest BCUT2D eigenvalue weighted by Crippen LogP contribution is -2.16. The maximum atomic E-state index is 5.88. The van der Waals surface area contributed by atoms with Crippen molar-refractivity contribution in [3.05, 3.63) is 60.2 Å². The van der Waals surface area contributed by atoms with Gasteiger partial charge in [0, 0.05) is 17.9 Å². The number of hydrogen-bond donors (Lipinski definition) is 0. The zero-order chi connectivity index (χ0) is 19.2. The van der Waals surface area contributed by atoms with E-state index in [1.54, 1.807) is 18.9 Å². The van der Waals surface area contributed by atoms with E-state index in [2.05, 4.69) is 45.1 Å². The minimum atomic E-state index is 0.237. The van der Waals surface area contributed by atoms with Gasteiger partial charge in [-0.15, -0.1) is 10.2 Å². The molecule has 1 aromatic heterocycles. The molecule has 3 aromatic rings. The predicted molar refractivity (Wildman–Crippen MR) is 112 cm³/mol. The van der Waals surface area contributed by atoms with Gasteiger partial charge in [0.15, 0.2) is 11.0 Å². The number of hydrogen-bond acceptors (Lipinski definition) is 5. The van der Waals surface area contributed by atoms with Crippen LogP contribution in [0.4, 0.5) is 0 Å². The Kier molecular flexibility index (Phi) is 6.29. The average molecular weight is 396 g/mol. The van der Waals surface area contributed by atoms with Gasteiger partial charge in [-0.3, -0.25) is 4.57 Å². The zero-order valence-corrected chi connectivity index (χ0v) is 16.9. The third-order valence-corrected chi connectivity index (χ3v) is 5.91. The van der Waals surface area contributed by atoms with Gasteiger partial charge < -0.3 is 9.47 Å². The Balaban J connectivity index is 1.53. The molecule has 1 saturated heterocycles. The first-order chi connectivity index (χ1) is 13.8. The van der Waals surface area contributed by atoms with Crippen LogP contribution in [-0.4, -0.2) is 40.3 Å². The summed E-state index contributed by atoms with van der Waals surface area (Å²) in [4.78, 5) is 0. The third-order valence-electron chi connectivity index (χ3n) is 4.94. The van der Waals surface area contributed by atoms with Gasteiger partial charge in [-0.1, -0.05) is 42.1 Å². The molecule has 0 saturated carbocycles. The topological polar surface area (TPSA) is 49.2 Å². The number of ether oxygens (including phenoxy) is 2. The third kappa shape index (κ3) is 4.56. The van der Waals surface area contributed by atoms with Crippen LogP contribution in [-0.2, 0) is 17.7 Å². The smallest absolute Gasteiger partial charge is 0.191 e. The van der Waals surface area contributed by atoms with E-state index in [1.807, 2.05) is 24.3 Å². The van der Waals surface area contributed by atoms with Crippen molar-refractivity contribution >= 4 is 11.8 Å². The molecule has 0 spiro atoms. The molecule has 0 aliphatic carbocycles. The molecule has 146 valence electrons. The summed E-state index contributed by atoms with van der Waals surface area (Å²) in [5.74, 6) is 2.70. The molecule has 6 heteroatoms. The molecular formula is C22H25N3O2S. The quantitative estimate of drug-likeness (QED) is 0.527. The largest absolute Gasteiger partial charge is 0.497 e. The molecule has 0 radical (unpaired) electrons. The van der Waals surface area contributed by atoms with Crippen LogP contribution in [0, 0.1) is 0 Å². The van der Waals surface area contributed by atoms with Crippen LogP contribution in [0.5, 0.6) is 5.75 Å². The summed E-state index contributed by atoms with van der Waals surface area (Å²) in [5, 5.41) is 9.96. The number of rotatable bonds is 8. The monoisotopic (exact) mass is 395 g/mol. The van der Waals surface area contributed by atoms with E-state index in [9.17, 15) is 0 Å². The Morgan fingerprint density at radius 1 is 1.11 bits per heavy atom. The number of nitrogens with zero attached hydrogens (tertiary/aromatic N) is 3. The summed E-state index contributed by atoms with van der Waals surface area (Å²) in [6, 6.07) is 18.5. The first-order valence-electron chi connectivity index (χ1n) is 9.69. The van der Waals surface area contributed by atoms with Crippen molar-refractivity contribution in [2.45, 2.75) is 37.1 Å². The van der Waals surface area contributed by atoms with Crippen molar-refractivity contribution in [2.24, 2.45) is 0 Å². The van der Waals surface area contributed by atoms with E-state index in [0.29, 0.717) is 0 Å². The molecule has 0 amide bonds. The lowest BCUT2D eigenvalue weighted by atomic mass is 10.2. The van der Waals surface area contributed by atoms with Crippen molar-refractivity contribution in [1.29, 1.82) is 0 Å². The molecule has 4 rings (SSSR count). The molecule has 2 heterocycles. The van der Waals surface area contributed by atoms with Crippen LogP contribution < -0.4 is 4.74 Å². The summed E-state index contributed by atoms with van der Waals surface area (Å²) < 4.78 is 13.4. The van der Waals surface area contributed by atoms with Crippen molar-refractivity contribution in [1.82, 2.24) is 14.8 Å². The fraction of sp³-hybridized carbons (Fsp3) is 0.364. The van der Waals surface area contributed by atoms with Crippen molar-refractivity contribution in [3.8, 4) is 17.1 Å². The number of aromatic nitrogens is 3. The summed E-state index contributed by atoms with van der Waals surface area (Å²) in [6.07, 6.45) is 3.47. The van der Waals surface area contributed by atoms with Crippen molar-refractivity contribution < 1.29 is 9.47 Å². The van der Waals surface area contributed by atoms with Gasteiger partial charge in [-0.25, -0.2) is 0 Å². The number of aryl methyl sites for hydroxylation is 1. The molecule has 28 heavy (non-hydrogen) atoms. The lowest BCUT2D eigenvalue weighted by Gasteiger charge is -2.15. The number of methoxy groups -OCH3 is 1. The van der Waals surface area contributed by atoms with E-state index in [-0.39, 0.29) is 6.10 Å². The van der Waals surface area contributed by atoms with Crippen LogP contribution in [0.15, 0.2) is 59.8 Å². The first-order valence-corrected chi connectivity index (χ1v) is 10.7. The Morgan fingerprint density at radius 2 is 1.93 bits per heavy atom. The second-order valence-electron chi connectivity index (χ2n) is 6.86. The lowest BCUT2D eigenvalue weighted by molar-refractivity contribution is 0.0953. The van der Waals surface area contributed by atoms with E-state index >= 15 is 0 Å². The number of benzene rings is 2. The summed E-state index contributed by atoms with van der Waals surface area (Å²) >= 11 is 1.76. The molecule has 5 nitrogen and oxygen atoms in total. The fourth-order valence-corrected chi connectivity index (χ4v) is 4.35. The van der Waals surface area contributed by atoms with Crippen LogP contribution >= 0.6 is 11.8 Å². The Hall–Kier alpha value is -2.31. The molecule has 2 aromatic carbocycles. The van der Waals surface area contributed by atoms with Gasteiger partial charge in [-0.2, -0.15) is 0 Å².